The highest BCUT2D eigenvalue weighted by Gasteiger charge is 2.41. The van der Waals surface area contributed by atoms with Gasteiger partial charge in [-0.3, -0.25) is 0 Å². The Hall–Kier alpha value is -2.62. The van der Waals surface area contributed by atoms with Crippen molar-refractivity contribution in [2.24, 2.45) is 7.05 Å². The molecular formula is C21H21F2N3O3S. The van der Waals surface area contributed by atoms with Crippen molar-refractivity contribution in [2.45, 2.75) is 23.7 Å². The van der Waals surface area contributed by atoms with Gasteiger partial charge in [0.2, 0.25) is 0 Å². The lowest BCUT2D eigenvalue weighted by Crippen LogP contribution is -2.30. The van der Waals surface area contributed by atoms with E-state index in [2.05, 4.69) is 4.98 Å². The molecule has 0 saturated carbocycles. The molecule has 0 radical (unpaired) electrons. The van der Waals surface area contributed by atoms with Gasteiger partial charge in [0.1, 0.15) is 11.6 Å². The second kappa shape index (κ2) is 8.25. The van der Waals surface area contributed by atoms with Gasteiger partial charge in [-0.25, -0.2) is 22.2 Å². The van der Waals surface area contributed by atoms with Gasteiger partial charge < -0.3 is 9.30 Å². The first-order chi connectivity index (χ1) is 14.3. The zero-order valence-electron chi connectivity index (χ0n) is 16.3. The Bertz CT molecular complexity index is 1120. The van der Waals surface area contributed by atoms with Crippen LogP contribution in [0.15, 0.2) is 66.1 Å². The summed E-state index contributed by atoms with van der Waals surface area (Å²) < 4.78 is 61.5. The number of imidazole rings is 1. The van der Waals surface area contributed by atoms with E-state index in [1.807, 2.05) is 0 Å². The van der Waals surface area contributed by atoms with Crippen LogP contribution in [0.4, 0.5) is 8.78 Å². The lowest BCUT2D eigenvalue weighted by atomic mass is 9.96. The maximum atomic E-state index is 13.4. The van der Waals surface area contributed by atoms with Crippen LogP contribution in [-0.2, 0) is 28.4 Å². The Balaban J connectivity index is 1.58. The van der Waals surface area contributed by atoms with Crippen LogP contribution in [0.5, 0.6) is 0 Å². The number of nitrogens with zero attached hydrogens (tertiary/aromatic N) is 3. The van der Waals surface area contributed by atoms with E-state index in [9.17, 15) is 17.2 Å². The molecule has 3 aromatic rings. The SMILES string of the molecule is Cn1cnc(S(=O)(=O)N2C[C@H](OCc3ccc(F)cc3)[C@@H](c3ccc(F)cc3)C2)c1. The molecule has 0 unspecified atom stereocenters. The predicted molar refractivity (Wildman–Crippen MR) is 106 cm³/mol. The number of benzene rings is 2. The maximum absolute atomic E-state index is 13.4. The van der Waals surface area contributed by atoms with Crippen molar-refractivity contribution in [1.29, 1.82) is 0 Å². The van der Waals surface area contributed by atoms with Crippen molar-refractivity contribution < 1.29 is 21.9 Å². The number of aromatic nitrogens is 2. The van der Waals surface area contributed by atoms with Gasteiger partial charge in [-0.05, 0) is 35.4 Å². The van der Waals surface area contributed by atoms with Crippen LogP contribution >= 0.6 is 0 Å². The largest absolute Gasteiger partial charge is 0.371 e. The highest BCUT2D eigenvalue weighted by Crippen LogP contribution is 2.33. The smallest absolute Gasteiger partial charge is 0.262 e. The van der Waals surface area contributed by atoms with Gasteiger partial charge in [0, 0.05) is 32.3 Å². The number of aryl methyl sites for hydroxylation is 1. The zero-order chi connectivity index (χ0) is 21.3. The molecule has 2 heterocycles. The summed E-state index contributed by atoms with van der Waals surface area (Å²) in [6.45, 7) is 0.543. The summed E-state index contributed by atoms with van der Waals surface area (Å²) >= 11 is 0. The standard InChI is InChI=1S/C21H21F2N3O3S/c1-25-12-21(24-14-25)30(27,28)26-10-19(16-4-8-18(23)9-5-16)20(11-26)29-13-15-2-6-17(22)7-3-15/h2-9,12,14,19-20H,10-11,13H2,1H3/t19-,20+/m1/s1. The summed E-state index contributed by atoms with van der Waals surface area (Å²) in [6, 6.07) is 11.9. The van der Waals surface area contributed by atoms with Crippen molar-refractivity contribution in [1.82, 2.24) is 13.9 Å². The number of halogens is 2. The minimum absolute atomic E-state index is 0.0259. The molecule has 1 fully saturated rings. The highest BCUT2D eigenvalue weighted by molar-refractivity contribution is 7.89. The molecule has 0 N–H and O–H groups in total. The fraction of sp³-hybridized carbons (Fsp3) is 0.286. The van der Waals surface area contributed by atoms with Gasteiger partial charge in [-0.1, -0.05) is 24.3 Å². The van der Waals surface area contributed by atoms with E-state index in [1.54, 1.807) is 35.9 Å². The average Bonchev–Trinajstić information content (AvgIpc) is 3.35. The van der Waals surface area contributed by atoms with E-state index in [4.69, 9.17) is 4.74 Å². The summed E-state index contributed by atoms with van der Waals surface area (Å²) in [6.07, 6.45) is 2.44. The van der Waals surface area contributed by atoms with E-state index < -0.39 is 16.1 Å². The normalized spacial score (nSPS) is 20.0. The third-order valence-electron chi connectivity index (χ3n) is 5.19. The van der Waals surface area contributed by atoms with Gasteiger partial charge in [-0.2, -0.15) is 4.31 Å². The molecule has 0 bridgehead atoms. The van der Waals surface area contributed by atoms with Gasteiger partial charge in [0.25, 0.3) is 10.0 Å². The van der Waals surface area contributed by atoms with Crippen LogP contribution < -0.4 is 0 Å². The molecule has 30 heavy (non-hydrogen) atoms. The van der Waals surface area contributed by atoms with Crippen LogP contribution in [0.3, 0.4) is 0 Å². The minimum atomic E-state index is -3.79. The first-order valence-electron chi connectivity index (χ1n) is 9.42. The van der Waals surface area contributed by atoms with Gasteiger partial charge in [-0.15, -0.1) is 0 Å². The van der Waals surface area contributed by atoms with Crippen molar-refractivity contribution in [2.75, 3.05) is 13.1 Å². The summed E-state index contributed by atoms with van der Waals surface area (Å²) in [4.78, 5) is 3.98. The molecule has 2 atom stereocenters. The average molecular weight is 433 g/mol. The van der Waals surface area contributed by atoms with Crippen LogP contribution in [0.1, 0.15) is 17.0 Å². The third-order valence-corrected chi connectivity index (χ3v) is 6.91. The summed E-state index contributed by atoms with van der Waals surface area (Å²) in [5.74, 6) is -0.973. The summed E-state index contributed by atoms with van der Waals surface area (Å²) in [7, 11) is -2.09. The second-order valence-corrected chi connectivity index (χ2v) is 9.22. The number of hydrogen-bond donors (Lipinski definition) is 0. The Kier molecular flexibility index (Phi) is 5.68. The molecule has 0 aliphatic carbocycles. The molecule has 0 spiro atoms. The molecular weight excluding hydrogens is 412 g/mol. The first-order valence-corrected chi connectivity index (χ1v) is 10.9. The van der Waals surface area contributed by atoms with Crippen molar-refractivity contribution >= 4 is 10.0 Å². The van der Waals surface area contributed by atoms with E-state index in [1.165, 1.54) is 41.1 Å². The van der Waals surface area contributed by atoms with Gasteiger partial charge in [0.15, 0.2) is 5.03 Å². The van der Waals surface area contributed by atoms with E-state index in [0.717, 1.165) is 11.1 Å². The number of rotatable bonds is 6. The highest BCUT2D eigenvalue weighted by atomic mass is 32.2. The molecule has 1 aliphatic rings. The molecule has 1 saturated heterocycles. The van der Waals surface area contributed by atoms with Crippen LogP contribution in [0, 0.1) is 11.6 Å². The van der Waals surface area contributed by atoms with E-state index >= 15 is 0 Å². The quantitative estimate of drug-likeness (QED) is 0.599. The third kappa shape index (κ3) is 4.28. The topological polar surface area (TPSA) is 64.4 Å². The van der Waals surface area contributed by atoms with E-state index in [0.29, 0.717) is 0 Å². The van der Waals surface area contributed by atoms with Gasteiger partial charge in [0.05, 0.1) is 19.0 Å². The minimum Gasteiger partial charge on any atom is -0.371 e. The van der Waals surface area contributed by atoms with Crippen molar-refractivity contribution in [3.8, 4) is 0 Å². The predicted octanol–water partition coefficient (Wildman–Crippen LogP) is 3.07. The fourth-order valence-electron chi connectivity index (χ4n) is 3.57. The molecule has 1 aliphatic heterocycles. The first kappa shape index (κ1) is 20.6. The van der Waals surface area contributed by atoms with Crippen LogP contribution in [0.25, 0.3) is 0 Å². The van der Waals surface area contributed by atoms with Crippen LogP contribution in [-0.4, -0.2) is 41.5 Å². The molecule has 2 aromatic carbocycles. The van der Waals surface area contributed by atoms with Crippen LogP contribution in [0.2, 0.25) is 0 Å². The molecule has 9 heteroatoms. The maximum Gasteiger partial charge on any atom is 0.262 e. The second-order valence-electron chi connectivity index (χ2n) is 7.33. The summed E-state index contributed by atoms with van der Waals surface area (Å²) in [5, 5.41) is -0.0259. The Morgan fingerprint density at radius 2 is 1.67 bits per heavy atom. The van der Waals surface area contributed by atoms with E-state index in [-0.39, 0.29) is 42.3 Å². The molecule has 1 aromatic heterocycles. The Morgan fingerprint density at radius 1 is 1.03 bits per heavy atom. The Labute approximate surface area is 173 Å². The monoisotopic (exact) mass is 433 g/mol. The number of ether oxygens (including phenoxy) is 1. The molecule has 6 nitrogen and oxygen atoms in total. The number of sulfonamides is 1. The fourth-order valence-corrected chi connectivity index (χ4v) is 5.02. The lowest BCUT2D eigenvalue weighted by molar-refractivity contribution is 0.0407. The number of hydrogen-bond acceptors (Lipinski definition) is 4. The molecule has 0 amide bonds. The van der Waals surface area contributed by atoms with Gasteiger partial charge >= 0.3 is 0 Å². The molecule has 4 rings (SSSR count). The lowest BCUT2D eigenvalue weighted by Gasteiger charge is -2.19. The zero-order valence-corrected chi connectivity index (χ0v) is 17.1. The Morgan fingerprint density at radius 3 is 2.27 bits per heavy atom. The molecule has 158 valence electrons. The van der Waals surface area contributed by atoms with Crippen molar-refractivity contribution in [3.05, 3.63) is 83.8 Å². The van der Waals surface area contributed by atoms with Crippen molar-refractivity contribution in [3.63, 3.8) is 0 Å². The summed E-state index contributed by atoms with van der Waals surface area (Å²) in [5.41, 5.74) is 1.57.